The predicted octanol–water partition coefficient (Wildman–Crippen LogP) is 3.14. The lowest BCUT2D eigenvalue weighted by Crippen LogP contribution is -2.19. The van der Waals surface area contributed by atoms with Crippen LogP contribution in [0.4, 0.5) is 5.69 Å². The number of amides is 1. The van der Waals surface area contributed by atoms with Gasteiger partial charge in [0.1, 0.15) is 0 Å². The van der Waals surface area contributed by atoms with E-state index < -0.39 is 10.0 Å². The number of sulfonamides is 1. The summed E-state index contributed by atoms with van der Waals surface area (Å²) in [5.41, 5.74) is 2.15. The molecule has 1 amide bonds. The molecule has 128 valence electrons. The Hall–Kier alpha value is -2.18. The highest BCUT2D eigenvalue weighted by molar-refractivity contribution is 7.89. The zero-order valence-electron chi connectivity index (χ0n) is 14.3. The van der Waals surface area contributed by atoms with Gasteiger partial charge < -0.3 is 5.32 Å². The van der Waals surface area contributed by atoms with E-state index in [9.17, 15) is 13.2 Å². The molecule has 6 heteroatoms. The molecule has 2 aromatic rings. The second-order valence-corrected chi connectivity index (χ2v) is 8.40. The summed E-state index contributed by atoms with van der Waals surface area (Å²) in [5.74, 6) is -0.355. The van der Waals surface area contributed by atoms with Gasteiger partial charge in [0.15, 0.2) is 0 Å². The molecular weight excluding hydrogens is 324 g/mol. The Kier molecular flexibility index (Phi) is 5.11. The molecule has 0 heterocycles. The fourth-order valence-corrected chi connectivity index (χ4v) is 2.95. The summed E-state index contributed by atoms with van der Waals surface area (Å²) in [4.78, 5) is 12.4. The number of hydrogen-bond donors (Lipinski definition) is 2. The van der Waals surface area contributed by atoms with Gasteiger partial charge in [-0.15, -0.1) is 0 Å². The van der Waals surface area contributed by atoms with Gasteiger partial charge in [0.05, 0.1) is 4.90 Å². The minimum Gasteiger partial charge on any atom is -0.322 e. The molecule has 0 fully saturated rings. The fraction of sp³-hybridized carbons (Fsp3) is 0.278. The van der Waals surface area contributed by atoms with E-state index in [4.69, 9.17) is 0 Å². The SMILES string of the molecule is CNS(=O)(=O)c1cccc(C(=O)Nc2ccc(C(C)(C)C)cc2)c1. The molecule has 0 bridgehead atoms. The molecule has 0 unspecified atom stereocenters. The second-order valence-electron chi connectivity index (χ2n) is 6.52. The van der Waals surface area contributed by atoms with Crippen LogP contribution in [0.5, 0.6) is 0 Å². The largest absolute Gasteiger partial charge is 0.322 e. The quantitative estimate of drug-likeness (QED) is 0.893. The molecule has 0 spiro atoms. The van der Waals surface area contributed by atoms with Crippen molar-refractivity contribution in [3.63, 3.8) is 0 Å². The van der Waals surface area contributed by atoms with Gasteiger partial charge in [-0.2, -0.15) is 0 Å². The molecule has 0 aliphatic carbocycles. The van der Waals surface area contributed by atoms with Crippen LogP contribution >= 0.6 is 0 Å². The van der Waals surface area contributed by atoms with Gasteiger partial charge in [0.2, 0.25) is 10.0 Å². The molecule has 0 radical (unpaired) electrons. The Balaban J connectivity index is 2.20. The van der Waals surface area contributed by atoms with Crippen molar-refractivity contribution in [1.29, 1.82) is 0 Å². The maximum atomic E-state index is 12.3. The summed E-state index contributed by atoms with van der Waals surface area (Å²) in [5, 5.41) is 2.78. The van der Waals surface area contributed by atoms with E-state index in [0.717, 1.165) is 0 Å². The molecule has 0 aliphatic heterocycles. The Morgan fingerprint density at radius 1 is 1.00 bits per heavy atom. The number of benzene rings is 2. The van der Waals surface area contributed by atoms with Gasteiger partial charge in [-0.25, -0.2) is 13.1 Å². The predicted molar refractivity (Wildman–Crippen MR) is 95.8 cm³/mol. The molecule has 5 nitrogen and oxygen atoms in total. The lowest BCUT2D eigenvalue weighted by Gasteiger charge is -2.19. The zero-order chi connectivity index (χ0) is 18.0. The van der Waals surface area contributed by atoms with Crippen LogP contribution in [-0.4, -0.2) is 21.4 Å². The number of carbonyl (C=O) groups excluding carboxylic acids is 1. The number of rotatable bonds is 4. The summed E-state index contributed by atoms with van der Waals surface area (Å²) < 4.78 is 25.9. The van der Waals surface area contributed by atoms with Gasteiger partial charge in [0, 0.05) is 11.3 Å². The first-order valence-corrected chi connectivity index (χ1v) is 9.07. The molecule has 0 aliphatic rings. The van der Waals surface area contributed by atoms with Crippen LogP contribution in [0.2, 0.25) is 0 Å². The van der Waals surface area contributed by atoms with Crippen LogP contribution in [0.25, 0.3) is 0 Å². The van der Waals surface area contributed by atoms with E-state index in [1.54, 1.807) is 12.1 Å². The van der Waals surface area contributed by atoms with Crippen molar-refractivity contribution >= 4 is 21.6 Å². The van der Waals surface area contributed by atoms with Crippen LogP contribution in [0.1, 0.15) is 36.7 Å². The summed E-state index contributed by atoms with van der Waals surface area (Å²) in [6.07, 6.45) is 0. The van der Waals surface area contributed by atoms with Crippen molar-refractivity contribution in [3.05, 3.63) is 59.7 Å². The normalized spacial score (nSPS) is 12.0. The van der Waals surface area contributed by atoms with E-state index in [2.05, 4.69) is 30.8 Å². The van der Waals surface area contributed by atoms with E-state index in [0.29, 0.717) is 5.69 Å². The molecule has 0 atom stereocenters. The Morgan fingerprint density at radius 3 is 2.17 bits per heavy atom. The van der Waals surface area contributed by atoms with Crippen molar-refractivity contribution in [2.75, 3.05) is 12.4 Å². The summed E-state index contributed by atoms with van der Waals surface area (Å²) in [6.45, 7) is 6.36. The van der Waals surface area contributed by atoms with Crippen molar-refractivity contribution < 1.29 is 13.2 Å². The third-order valence-corrected chi connectivity index (χ3v) is 5.10. The van der Waals surface area contributed by atoms with Crippen LogP contribution in [-0.2, 0) is 15.4 Å². The zero-order valence-corrected chi connectivity index (χ0v) is 15.1. The number of carbonyl (C=O) groups is 1. The van der Waals surface area contributed by atoms with Crippen molar-refractivity contribution in [3.8, 4) is 0 Å². The minimum atomic E-state index is -3.58. The molecule has 0 aromatic heterocycles. The molecule has 2 N–H and O–H groups in total. The highest BCUT2D eigenvalue weighted by Gasteiger charge is 2.15. The van der Waals surface area contributed by atoms with Gasteiger partial charge >= 0.3 is 0 Å². The highest BCUT2D eigenvalue weighted by Crippen LogP contribution is 2.23. The van der Waals surface area contributed by atoms with Gasteiger partial charge in [-0.3, -0.25) is 4.79 Å². The molecule has 0 saturated carbocycles. The summed E-state index contributed by atoms with van der Waals surface area (Å²) >= 11 is 0. The van der Waals surface area contributed by atoms with E-state index >= 15 is 0 Å². The monoisotopic (exact) mass is 346 g/mol. The van der Waals surface area contributed by atoms with E-state index in [1.807, 2.05) is 24.3 Å². The first kappa shape index (κ1) is 18.2. The lowest BCUT2D eigenvalue weighted by molar-refractivity contribution is 0.102. The molecule has 24 heavy (non-hydrogen) atoms. The average molecular weight is 346 g/mol. The van der Waals surface area contributed by atoms with Gasteiger partial charge in [-0.05, 0) is 48.4 Å². The average Bonchev–Trinajstić information content (AvgIpc) is 2.54. The maximum Gasteiger partial charge on any atom is 0.255 e. The molecule has 0 saturated heterocycles. The summed E-state index contributed by atoms with van der Waals surface area (Å²) in [7, 11) is -2.25. The molecule has 2 aromatic carbocycles. The molecule has 2 rings (SSSR count). The molecular formula is C18H22N2O3S. The number of nitrogens with one attached hydrogen (secondary N) is 2. The Labute approximate surface area is 143 Å². The third kappa shape index (κ3) is 4.21. The Bertz CT molecular complexity index is 835. The lowest BCUT2D eigenvalue weighted by atomic mass is 9.87. The smallest absolute Gasteiger partial charge is 0.255 e. The van der Waals surface area contributed by atoms with Crippen molar-refractivity contribution in [1.82, 2.24) is 4.72 Å². The van der Waals surface area contributed by atoms with E-state index in [-0.39, 0.29) is 21.8 Å². The van der Waals surface area contributed by atoms with Crippen molar-refractivity contribution in [2.45, 2.75) is 31.1 Å². The standard InChI is InChI=1S/C18H22N2O3S/c1-18(2,3)14-8-10-15(11-9-14)20-17(21)13-6-5-7-16(12-13)24(22,23)19-4/h5-12,19H,1-4H3,(H,20,21). The van der Waals surface area contributed by atoms with Gasteiger partial charge in [-0.1, -0.05) is 39.0 Å². The topological polar surface area (TPSA) is 75.3 Å². The maximum absolute atomic E-state index is 12.3. The fourth-order valence-electron chi connectivity index (χ4n) is 2.18. The number of anilines is 1. The second kappa shape index (κ2) is 6.75. The first-order valence-electron chi connectivity index (χ1n) is 7.59. The van der Waals surface area contributed by atoms with E-state index in [1.165, 1.54) is 24.7 Å². The van der Waals surface area contributed by atoms with Crippen molar-refractivity contribution in [2.24, 2.45) is 0 Å². The van der Waals surface area contributed by atoms with Crippen LogP contribution in [0.3, 0.4) is 0 Å². The summed E-state index contributed by atoms with van der Waals surface area (Å²) in [6, 6.07) is 13.5. The highest BCUT2D eigenvalue weighted by atomic mass is 32.2. The first-order chi connectivity index (χ1) is 11.1. The minimum absolute atomic E-state index is 0.0401. The van der Waals surface area contributed by atoms with Crippen LogP contribution < -0.4 is 10.0 Å². The Morgan fingerprint density at radius 2 is 1.62 bits per heavy atom. The van der Waals surface area contributed by atoms with Gasteiger partial charge in [0.25, 0.3) is 5.91 Å². The van der Waals surface area contributed by atoms with Crippen LogP contribution in [0.15, 0.2) is 53.4 Å². The number of hydrogen-bond acceptors (Lipinski definition) is 3. The van der Waals surface area contributed by atoms with Crippen LogP contribution in [0, 0.1) is 0 Å². The third-order valence-electron chi connectivity index (χ3n) is 3.68.